The van der Waals surface area contributed by atoms with Gasteiger partial charge in [0.15, 0.2) is 4.80 Å². The van der Waals surface area contributed by atoms with Crippen molar-refractivity contribution in [1.29, 1.82) is 0 Å². The standard InChI is InChI=1S/C17H16ClN3O2S2.BrH/c1-11-3-6-13(7-4-11)20-17-21(2)15(10-24-17)12-5-8-14(18)16(9-12)25(19,22)23;/h3-10H,1-2H3,(H2,19,22,23);1H/b20-17+;. The van der Waals surface area contributed by atoms with Crippen LogP contribution in [-0.4, -0.2) is 13.0 Å². The Kier molecular flexibility index (Phi) is 6.46. The molecule has 2 N–H and O–H groups in total. The van der Waals surface area contributed by atoms with Crippen molar-refractivity contribution in [2.45, 2.75) is 11.8 Å². The lowest BCUT2D eigenvalue weighted by atomic mass is 10.2. The number of hydrogen-bond donors (Lipinski definition) is 1. The molecule has 0 aliphatic rings. The minimum Gasteiger partial charge on any atom is -0.320 e. The summed E-state index contributed by atoms with van der Waals surface area (Å²) in [5.41, 5.74) is 3.57. The van der Waals surface area contributed by atoms with E-state index in [0.29, 0.717) is 5.56 Å². The van der Waals surface area contributed by atoms with Crippen LogP contribution in [0.3, 0.4) is 0 Å². The fourth-order valence-corrected chi connectivity index (χ4v) is 4.34. The summed E-state index contributed by atoms with van der Waals surface area (Å²) in [5.74, 6) is 0. The Morgan fingerprint density at radius 2 is 1.81 bits per heavy atom. The maximum Gasteiger partial charge on any atom is 0.239 e. The average Bonchev–Trinajstić information content (AvgIpc) is 2.90. The molecule has 0 amide bonds. The van der Waals surface area contributed by atoms with Crippen molar-refractivity contribution < 1.29 is 8.42 Å². The summed E-state index contributed by atoms with van der Waals surface area (Å²) in [6.07, 6.45) is 0. The summed E-state index contributed by atoms with van der Waals surface area (Å²) in [5, 5.41) is 7.25. The van der Waals surface area contributed by atoms with Crippen LogP contribution in [0, 0.1) is 6.92 Å². The molecule has 1 aromatic heterocycles. The van der Waals surface area contributed by atoms with E-state index >= 15 is 0 Å². The van der Waals surface area contributed by atoms with Crippen molar-refractivity contribution in [2.24, 2.45) is 17.2 Å². The van der Waals surface area contributed by atoms with Gasteiger partial charge in [-0.1, -0.05) is 35.4 Å². The van der Waals surface area contributed by atoms with E-state index in [1.54, 1.807) is 6.07 Å². The number of sulfonamides is 1. The number of benzene rings is 2. The van der Waals surface area contributed by atoms with Gasteiger partial charge in [0, 0.05) is 18.0 Å². The second kappa shape index (κ2) is 8.06. The summed E-state index contributed by atoms with van der Waals surface area (Å²) >= 11 is 7.42. The molecule has 0 aliphatic carbocycles. The van der Waals surface area contributed by atoms with Gasteiger partial charge in [-0.05, 0) is 31.2 Å². The lowest BCUT2D eigenvalue weighted by Gasteiger charge is -2.07. The molecule has 1 heterocycles. The molecule has 0 atom stereocenters. The first-order valence-corrected chi connectivity index (χ1v) is 10.1. The molecule has 0 fully saturated rings. The van der Waals surface area contributed by atoms with E-state index in [2.05, 4.69) is 4.99 Å². The molecule has 26 heavy (non-hydrogen) atoms. The molecule has 138 valence electrons. The first-order valence-electron chi connectivity index (χ1n) is 7.34. The SMILES string of the molecule is Br.Cc1ccc(/N=c2/scc(-c3ccc(Cl)c(S(N)(=O)=O)c3)n2C)cc1. The molecule has 2 aromatic carbocycles. The zero-order valence-corrected chi connectivity index (χ0v) is 18.1. The zero-order valence-electron chi connectivity index (χ0n) is 14.0. The van der Waals surface area contributed by atoms with E-state index in [9.17, 15) is 8.42 Å². The summed E-state index contributed by atoms with van der Waals surface area (Å²) in [6, 6.07) is 12.7. The maximum absolute atomic E-state index is 11.7. The lowest BCUT2D eigenvalue weighted by molar-refractivity contribution is 0.598. The van der Waals surface area contributed by atoms with Crippen molar-refractivity contribution in [1.82, 2.24) is 4.57 Å². The quantitative estimate of drug-likeness (QED) is 0.618. The lowest BCUT2D eigenvalue weighted by Crippen LogP contribution is -2.13. The van der Waals surface area contributed by atoms with Gasteiger partial charge in [-0.25, -0.2) is 18.5 Å². The Morgan fingerprint density at radius 3 is 2.42 bits per heavy atom. The van der Waals surface area contributed by atoms with Crippen LogP contribution < -0.4 is 9.94 Å². The molecule has 0 unspecified atom stereocenters. The zero-order chi connectivity index (χ0) is 18.2. The number of nitrogens with zero attached hydrogens (tertiary/aromatic N) is 2. The van der Waals surface area contributed by atoms with E-state index in [0.717, 1.165) is 16.2 Å². The second-order valence-electron chi connectivity index (χ2n) is 5.60. The normalized spacial score (nSPS) is 12.1. The van der Waals surface area contributed by atoms with Gasteiger partial charge in [0.1, 0.15) is 4.90 Å². The molecule has 3 aromatic rings. The van der Waals surface area contributed by atoms with Crippen LogP contribution in [0.25, 0.3) is 11.3 Å². The predicted octanol–water partition coefficient (Wildman–Crippen LogP) is 4.17. The molecule has 0 radical (unpaired) electrons. The Labute approximate surface area is 171 Å². The maximum atomic E-state index is 11.7. The van der Waals surface area contributed by atoms with Gasteiger partial charge in [-0.2, -0.15) is 0 Å². The van der Waals surface area contributed by atoms with Gasteiger partial charge >= 0.3 is 0 Å². The molecule has 0 saturated carbocycles. The number of aromatic nitrogens is 1. The molecular weight excluding hydrogens is 458 g/mol. The van der Waals surface area contributed by atoms with Crippen molar-refractivity contribution >= 4 is 55.6 Å². The highest BCUT2D eigenvalue weighted by atomic mass is 79.9. The van der Waals surface area contributed by atoms with E-state index < -0.39 is 10.0 Å². The van der Waals surface area contributed by atoms with Gasteiger partial charge in [-0.3, -0.25) is 0 Å². The monoisotopic (exact) mass is 473 g/mol. The second-order valence-corrected chi connectivity index (χ2v) is 8.37. The summed E-state index contributed by atoms with van der Waals surface area (Å²) in [4.78, 5) is 5.34. The smallest absolute Gasteiger partial charge is 0.239 e. The third-order valence-electron chi connectivity index (χ3n) is 3.72. The Bertz CT molecular complexity index is 1100. The predicted molar refractivity (Wildman–Crippen MR) is 112 cm³/mol. The fraction of sp³-hybridized carbons (Fsp3) is 0.118. The van der Waals surface area contributed by atoms with Gasteiger partial charge in [0.05, 0.1) is 16.4 Å². The molecule has 0 bridgehead atoms. The highest BCUT2D eigenvalue weighted by Gasteiger charge is 2.15. The van der Waals surface area contributed by atoms with Crippen LogP contribution >= 0.6 is 39.9 Å². The van der Waals surface area contributed by atoms with Crippen molar-refractivity contribution in [3.8, 4) is 11.3 Å². The number of primary sulfonamides is 1. The van der Waals surface area contributed by atoms with Crippen molar-refractivity contribution in [3.63, 3.8) is 0 Å². The van der Waals surface area contributed by atoms with E-state index in [1.165, 1.54) is 29.0 Å². The number of halogens is 2. The molecule has 3 rings (SSSR count). The fourth-order valence-electron chi connectivity index (χ4n) is 2.34. The molecule has 5 nitrogen and oxygen atoms in total. The Balaban J connectivity index is 0.00000243. The first kappa shape index (κ1) is 20.9. The number of aryl methyl sites for hydroxylation is 1. The van der Waals surface area contributed by atoms with E-state index in [-0.39, 0.29) is 26.9 Å². The van der Waals surface area contributed by atoms with Gasteiger partial charge in [0.25, 0.3) is 0 Å². The van der Waals surface area contributed by atoms with Crippen LogP contribution in [0.15, 0.2) is 57.7 Å². The van der Waals surface area contributed by atoms with Crippen LogP contribution in [-0.2, 0) is 17.1 Å². The van der Waals surface area contributed by atoms with Crippen LogP contribution in [0.2, 0.25) is 5.02 Å². The minimum absolute atomic E-state index is 0. The molecule has 9 heteroatoms. The van der Waals surface area contributed by atoms with Crippen LogP contribution in [0.4, 0.5) is 5.69 Å². The molecule has 0 aliphatic heterocycles. The number of nitrogens with two attached hydrogens (primary N) is 1. The summed E-state index contributed by atoms with van der Waals surface area (Å²) in [6.45, 7) is 2.02. The Hall–Kier alpha value is -1.45. The minimum atomic E-state index is -3.88. The highest BCUT2D eigenvalue weighted by molar-refractivity contribution is 8.93. The van der Waals surface area contributed by atoms with Crippen molar-refractivity contribution in [3.05, 3.63) is 63.2 Å². The molecule has 0 saturated heterocycles. The highest BCUT2D eigenvalue weighted by Crippen LogP contribution is 2.27. The Morgan fingerprint density at radius 1 is 1.15 bits per heavy atom. The van der Waals surface area contributed by atoms with Crippen LogP contribution in [0.5, 0.6) is 0 Å². The number of rotatable bonds is 3. The van der Waals surface area contributed by atoms with Crippen LogP contribution in [0.1, 0.15) is 5.56 Å². The van der Waals surface area contributed by atoms with Gasteiger partial charge in [0.2, 0.25) is 10.0 Å². The van der Waals surface area contributed by atoms with E-state index in [1.807, 2.05) is 48.2 Å². The topological polar surface area (TPSA) is 77.4 Å². The summed E-state index contributed by atoms with van der Waals surface area (Å²) in [7, 11) is -2.00. The first-order chi connectivity index (χ1) is 11.8. The summed E-state index contributed by atoms with van der Waals surface area (Å²) < 4.78 is 25.2. The van der Waals surface area contributed by atoms with Crippen molar-refractivity contribution in [2.75, 3.05) is 0 Å². The molecular formula is C17H17BrClN3O2S2. The van der Waals surface area contributed by atoms with Gasteiger partial charge < -0.3 is 4.57 Å². The van der Waals surface area contributed by atoms with Gasteiger partial charge in [-0.15, -0.1) is 28.3 Å². The third kappa shape index (κ3) is 4.44. The number of hydrogen-bond acceptors (Lipinski definition) is 4. The van der Waals surface area contributed by atoms with E-state index in [4.69, 9.17) is 16.7 Å². The average molecular weight is 475 g/mol. The number of thiazole rings is 1. The largest absolute Gasteiger partial charge is 0.320 e. The third-order valence-corrected chi connectivity index (χ3v) is 6.03. The molecule has 0 spiro atoms.